The molecule has 1 aliphatic carbocycles. The molecular formula is C17H21F2NO2. The van der Waals surface area contributed by atoms with Gasteiger partial charge in [-0.25, -0.2) is 8.78 Å². The Morgan fingerprint density at radius 1 is 1.32 bits per heavy atom. The summed E-state index contributed by atoms with van der Waals surface area (Å²) in [6.45, 7) is 4.48. The SMILES string of the molecule is CC1(C)C[C@@H](C(=O)NC2(c3cc(F)ccc3F)CC2)CCO1. The summed E-state index contributed by atoms with van der Waals surface area (Å²) in [5.74, 6) is -1.17. The highest BCUT2D eigenvalue weighted by atomic mass is 19.1. The molecule has 1 saturated carbocycles. The quantitative estimate of drug-likeness (QED) is 0.930. The summed E-state index contributed by atoms with van der Waals surface area (Å²) in [4.78, 5) is 12.5. The van der Waals surface area contributed by atoms with Gasteiger partial charge in [-0.05, 0) is 57.7 Å². The summed E-state index contributed by atoms with van der Waals surface area (Å²) in [6, 6.07) is 3.41. The first-order chi connectivity index (χ1) is 10.3. The topological polar surface area (TPSA) is 38.3 Å². The van der Waals surface area contributed by atoms with Crippen molar-refractivity contribution in [3.8, 4) is 0 Å². The summed E-state index contributed by atoms with van der Waals surface area (Å²) >= 11 is 0. The van der Waals surface area contributed by atoms with Gasteiger partial charge in [-0.2, -0.15) is 0 Å². The van der Waals surface area contributed by atoms with Crippen molar-refractivity contribution >= 4 is 5.91 Å². The van der Waals surface area contributed by atoms with E-state index in [0.717, 1.165) is 12.1 Å². The molecule has 2 aliphatic rings. The zero-order valence-corrected chi connectivity index (χ0v) is 12.9. The first kappa shape index (κ1) is 15.4. The average molecular weight is 309 g/mol. The lowest BCUT2D eigenvalue weighted by Crippen LogP contribution is -2.45. The number of benzene rings is 1. The van der Waals surface area contributed by atoms with E-state index in [1.54, 1.807) is 0 Å². The number of amides is 1. The largest absolute Gasteiger partial charge is 0.376 e. The van der Waals surface area contributed by atoms with Gasteiger partial charge in [-0.15, -0.1) is 0 Å². The number of carbonyl (C=O) groups is 1. The molecule has 0 radical (unpaired) electrons. The number of carbonyl (C=O) groups excluding carboxylic acids is 1. The van der Waals surface area contributed by atoms with E-state index in [0.29, 0.717) is 32.3 Å². The highest BCUT2D eigenvalue weighted by molar-refractivity contribution is 5.80. The molecule has 0 aromatic heterocycles. The summed E-state index contributed by atoms with van der Waals surface area (Å²) in [7, 11) is 0. The molecule has 5 heteroatoms. The van der Waals surface area contributed by atoms with Crippen molar-refractivity contribution < 1.29 is 18.3 Å². The van der Waals surface area contributed by atoms with Gasteiger partial charge in [0.05, 0.1) is 11.1 Å². The van der Waals surface area contributed by atoms with E-state index in [2.05, 4.69) is 5.32 Å². The molecule has 1 aromatic rings. The van der Waals surface area contributed by atoms with Crippen LogP contribution in [-0.4, -0.2) is 18.1 Å². The van der Waals surface area contributed by atoms with Gasteiger partial charge in [0.1, 0.15) is 11.6 Å². The number of nitrogens with one attached hydrogen (secondary N) is 1. The Hall–Kier alpha value is -1.49. The first-order valence-electron chi connectivity index (χ1n) is 7.73. The predicted molar refractivity (Wildman–Crippen MR) is 78.2 cm³/mol. The fraction of sp³-hybridized carbons (Fsp3) is 0.588. The third-order valence-electron chi connectivity index (χ3n) is 4.62. The van der Waals surface area contributed by atoms with Gasteiger partial charge in [0.25, 0.3) is 0 Å². The van der Waals surface area contributed by atoms with E-state index in [4.69, 9.17) is 4.74 Å². The number of hydrogen-bond donors (Lipinski definition) is 1. The van der Waals surface area contributed by atoms with Gasteiger partial charge in [-0.1, -0.05) is 0 Å². The maximum absolute atomic E-state index is 14.0. The molecule has 1 saturated heterocycles. The molecule has 22 heavy (non-hydrogen) atoms. The van der Waals surface area contributed by atoms with Gasteiger partial charge in [-0.3, -0.25) is 4.79 Å². The van der Waals surface area contributed by atoms with E-state index < -0.39 is 17.2 Å². The molecule has 1 atom stereocenters. The molecule has 1 aromatic carbocycles. The van der Waals surface area contributed by atoms with Crippen LogP contribution in [0.3, 0.4) is 0 Å². The maximum atomic E-state index is 14.0. The molecule has 120 valence electrons. The second kappa shape index (κ2) is 5.30. The van der Waals surface area contributed by atoms with Crippen LogP contribution in [0.15, 0.2) is 18.2 Å². The van der Waals surface area contributed by atoms with Crippen LogP contribution in [0.25, 0.3) is 0 Å². The van der Waals surface area contributed by atoms with Gasteiger partial charge < -0.3 is 10.1 Å². The third-order valence-corrected chi connectivity index (χ3v) is 4.62. The van der Waals surface area contributed by atoms with Gasteiger partial charge >= 0.3 is 0 Å². The molecule has 0 bridgehead atoms. The second-order valence-electron chi connectivity index (χ2n) is 6.99. The minimum Gasteiger partial charge on any atom is -0.376 e. The zero-order valence-electron chi connectivity index (χ0n) is 12.9. The predicted octanol–water partition coefficient (Wildman–Crippen LogP) is 3.28. The van der Waals surface area contributed by atoms with Crippen LogP contribution in [0, 0.1) is 17.6 Å². The van der Waals surface area contributed by atoms with Crippen LogP contribution >= 0.6 is 0 Å². The summed E-state index contributed by atoms with van der Waals surface area (Å²) in [5, 5.41) is 2.96. The molecule has 3 nitrogen and oxygen atoms in total. The fourth-order valence-electron chi connectivity index (χ4n) is 3.24. The number of ether oxygens (including phenoxy) is 1. The highest BCUT2D eigenvalue weighted by Gasteiger charge is 2.48. The van der Waals surface area contributed by atoms with E-state index in [9.17, 15) is 13.6 Å². The Labute approximate surface area is 129 Å². The number of hydrogen-bond acceptors (Lipinski definition) is 2. The molecule has 3 rings (SSSR count). The Balaban J connectivity index is 1.75. The first-order valence-corrected chi connectivity index (χ1v) is 7.73. The van der Waals surface area contributed by atoms with Crippen molar-refractivity contribution in [2.24, 2.45) is 5.92 Å². The van der Waals surface area contributed by atoms with Gasteiger partial charge in [0.15, 0.2) is 0 Å². The third kappa shape index (κ3) is 3.00. The van der Waals surface area contributed by atoms with Crippen molar-refractivity contribution in [1.82, 2.24) is 5.32 Å². The molecule has 2 fully saturated rings. The van der Waals surface area contributed by atoms with E-state index in [1.165, 1.54) is 6.07 Å². The van der Waals surface area contributed by atoms with Crippen molar-refractivity contribution in [3.05, 3.63) is 35.4 Å². The van der Waals surface area contributed by atoms with Crippen molar-refractivity contribution in [2.45, 2.75) is 50.7 Å². The van der Waals surface area contributed by atoms with Crippen LogP contribution in [0.4, 0.5) is 8.78 Å². The molecule has 0 unspecified atom stereocenters. The second-order valence-corrected chi connectivity index (χ2v) is 6.99. The van der Waals surface area contributed by atoms with Crippen LogP contribution in [0.2, 0.25) is 0 Å². The van der Waals surface area contributed by atoms with Gasteiger partial charge in [0.2, 0.25) is 5.91 Å². The fourth-order valence-corrected chi connectivity index (χ4v) is 3.24. The molecule has 1 N–H and O–H groups in total. The molecule has 1 amide bonds. The molecule has 0 spiro atoms. The minimum absolute atomic E-state index is 0.0856. The van der Waals surface area contributed by atoms with Gasteiger partial charge in [0, 0.05) is 18.1 Å². The van der Waals surface area contributed by atoms with Crippen LogP contribution in [-0.2, 0) is 15.1 Å². The summed E-state index contributed by atoms with van der Waals surface area (Å²) < 4.78 is 33.0. The van der Waals surface area contributed by atoms with E-state index >= 15 is 0 Å². The summed E-state index contributed by atoms with van der Waals surface area (Å²) in [5.41, 5.74) is -0.792. The normalized spacial score (nSPS) is 25.5. The maximum Gasteiger partial charge on any atom is 0.224 e. The minimum atomic E-state index is -0.730. The monoisotopic (exact) mass is 309 g/mol. The van der Waals surface area contributed by atoms with Crippen molar-refractivity contribution in [3.63, 3.8) is 0 Å². The van der Waals surface area contributed by atoms with E-state index in [-0.39, 0.29) is 23.0 Å². The number of rotatable bonds is 3. The Morgan fingerprint density at radius 2 is 2.05 bits per heavy atom. The van der Waals surface area contributed by atoms with Crippen molar-refractivity contribution in [2.75, 3.05) is 6.61 Å². The van der Waals surface area contributed by atoms with Crippen LogP contribution in [0.1, 0.15) is 45.1 Å². The Morgan fingerprint density at radius 3 is 2.68 bits per heavy atom. The smallest absolute Gasteiger partial charge is 0.224 e. The number of halogens is 2. The van der Waals surface area contributed by atoms with Crippen LogP contribution < -0.4 is 5.32 Å². The lowest BCUT2D eigenvalue weighted by molar-refractivity contribution is -0.136. The molecule has 1 heterocycles. The molecule has 1 aliphatic heterocycles. The highest BCUT2D eigenvalue weighted by Crippen LogP contribution is 2.47. The summed E-state index contributed by atoms with van der Waals surface area (Å²) in [6.07, 6.45) is 2.59. The molecular weight excluding hydrogens is 288 g/mol. The van der Waals surface area contributed by atoms with Crippen molar-refractivity contribution in [1.29, 1.82) is 0 Å². The average Bonchev–Trinajstić information content (AvgIpc) is 3.21. The lowest BCUT2D eigenvalue weighted by atomic mass is 9.87. The van der Waals surface area contributed by atoms with E-state index in [1.807, 2.05) is 13.8 Å². The standard InChI is InChI=1S/C17H21F2NO2/c1-16(2)10-11(5-8-22-16)15(21)20-17(6-7-17)13-9-12(18)3-4-14(13)19/h3-4,9,11H,5-8,10H2,1-2H3,(H,20,21)/t11-/m0/s1. The van der Waals surface area contributed by atoms with Crippen LogP contribution in [0.5, 0.6) is 0 Å². The Kier molecular flexibility index (Phi) is 3.71. The lowest BCUT2D eigenvalue weighted by Gasteiger charge is -2.35. The zero-order chi connectivity index (χ0) is 16.0. The Bertz CT molecular complexity index is 596.